The van der Waals surface area contributed by atoms with Crippen LogP contribution in [0.1, 0.15) is 30.1 Å². The van der Waals surface area contributed by atoms with Crippen LogP contribution in [0.25, 0.3) is 0 Å². The molecule has 1 aliphatic rings. The minimum atomic E-state index is -0.0115. The highest BCUT2D eigenvalue weighted by molar-refractivity contribution is 5.99. The molecule has 1 aromatic rings. The van der Waals surface area contributed by atoms with Gasteiger partial charge in [0.2, 0.25) is 0 Å². The third-order valence-electron chi connectivity index (χ3n) is 3.22. The quantitative estimate of drug-likeness (QED) is 0.798. The Kier molecular flexibility index (Phi) is 5.36. The van der Waals surface area contributed by atoms with Crippen molar-refractivity contribution in [1.29, 1.82) is 0 Å². The van der Waals surface area contributed by atoms with Gasteiger partial charge in [-0.05, 0) is 45.0 Å². The normalized spacial score (nSPS) is 16.3. The van der Waals surface area contributed by atoms with Crippen molar-refractivity contribution >= 4 is 5.78 Å². The number of para-hydroxylation sites is 1. The summed E-state index contributed by atoms with van der Waals surface area (Å²) >= 11 is 0. The van der Waals surface area contributed by atoms with Gasteiger partial charge in [0.15, 0.2) is 5.78 Å². The minimum absolute atomic E-state index is 0.0115. The van der Waals surface area contributed by atoms with Crippen LogP contribution in [-0.4, -0.2) is 38.2 Å². The second kappa shape index (κ2) is 7.26. The highest BCUT2D eigenvalue weighted by Gasteiger charge is 2.17. The average molecular weight is 263 g/mol. The molecule has 0 unspecified atom stereocenters. The van der Waals surface area contributed by atoms with Gasteiger partial charge in [-0.3, -0.25) is 4.79 Å². The molecule has 1 heterocycles. The molecule has 104 valence electrons. The van der Waals surface area contributed by atoms with Gasteiger partial charge in [-0.25, -0.2) is 0 Å². The molecule has 4 heteroatoms. The van der Waals surface area contributed by atoms with Crippen LogP contribution < -0.4 is 10.1 Å². The molecule has 0 radical (unpaired) electrons. The molecule has 0 bridgehead atoms. The van der Waals surface area contributed by atoms with Crippen LogP contribution in [0.5, 0.6) is 5.75 Å². The Bertz CT molecular complexity index is 414. The first-order chi connectivity index (χ1) is 9.31. The Hall–Kier alpha value is -1.39. The summed E-state index contributed by atoms with van der Waals surface area (Å²) < 4.78 is 11.2. The van der Waals surface area contributed by atoms with Gasteiger partial charge in [0, 0.05) is 0 Å². The molecule has 2 rings (SSSR count). The lowest BCUT2D eigenvalue weighted by atomic mass is 10.1. The van der Waals surface area contributed by atoms with Crippen LogP contribution in [-0.2, 0) is 4.74 Å². The summed E-state index contributed by atoms with van der Waals surface area (Å²) in [6, 6.07) is 7.33. The summed E-state index contributed by atoms with van der Waals surface area (Å²) in [4.78, 5) is 12.2. The maximum Gasteiger partial charge on any atom is 0.192 e. The van der Waals surface area contributed by atoms with Crippen molar-refractivity contribution in [2.45, 2.75) is 25.9 Å². The lowest BCUT2D eigenvalue weighted by molar-refractivity contribution is 0.0316. The second-order valence-electron chi connectivity index (χ2n) is 4.61. The van der Waals surface area contributed by atoms with E-state index in [1.54, 1.807) is 6.07 Å². The van der Waals surface area contributed by atoms with Crippen molar-refractivity contribution in [2.75, 3.05) is 26.3 Å². The molecule has 1 aromatic carbocycles. The molecular formula is C15H21NO3. The van der Waals surface area contributed by atoms with E-state index in [2.05, 4.69) is 5.32 Å². The first-order valence-electron chi connectivity index (χ1n) is 6.88. The zero-order chi connectivity index (χ0) is 13.5. The van der Waals surface area contributed by atoms with E-state index in [0.717, 1.165) is 25.9 Å². The van der Waals surface area contributed by atoms with Crippen LogP contribution in [0.3, 0.4) is 0 Å². The summed E-state index contributed by atoms with van der Waals surface area (Å²) in [5.41, 5.74) is 0.610. The Morgan fingerprint density at radius 3 is 2.79 bits per heavy atom. The molecule has 4 nitrogen and oxygen atoms in total. The van der Waals surface area contributed by atoms with Crippen molar-refractivity contribution in [3.05, 3.63) is 29.8 Å². The molecule has 0 atom stereocenters. The summed E-state index contributed by atoms with van der Waals surface area (Å²) in [5, 5.41) is 3.27. The first-order valence-corrected chi connectivity index (χ1v) is 6.88. The Morgan fingerprint density at radius 1 is 1.32 bits per heavy atom. The predicted octanol–water partition coefficient (Wildman–Crippen LogP) is 2.04. The van der Waals surface area contributed by atoms with Crippen LogP contribution >= 0.6 is 0 Å². The summed E-state index contributed by atoms with van der Waals surface area (Å²) in [6.07, 6.45) is 2.14. The number of benzene rings is 1. The fourth-order valence-electron chi connectivity index (χ4n) is 2.21. The second-order valence-corrected chi connectivity index (χ2v) is 4.61. The molecule has 19 heavy (non-hydrogen) atoms. The van der Waals surface area contributed by atoms with Gasteiger partial charge in [0.1, 0.15) is 12.4 Å². The van der Waals surface area contributed by atoms with E-state index in [4.69, 9.17) is 9.47 Å². The largest absolute Gasteiger partial charge is 0.493 e. The number of nitrogens with one attached hydrogen (secondary N) is 1. The molecule has 1 N–H and O–H groups in total. The van der Waals surface area contributed by atoms with Gasteiger partial charge in [-0.1, -0.05) is 12.1 Å². The van der Waals surface area contributed by atoms with Crippen molar-refractivity contribution in [2.24, 2.45) is 0 Å². The number of piperidine rings is 1. The van der Waals surface area contributed by atoms with Crippen LogP contribution in [0.2, 0.25) is 0 Å². The van der Waals surface area contributed by atoms with Crippen molar-refractivity contribution in [3.63, 3.8) is 0 Å². The zero-order valence-electron chi connectivity index (χ0n) is 11.4. The number of carbonyl (C=O) groups excluding carboxylic acids is 1. The molecule has 1 fully saturated rings. The molecule has 0 spiro atoms. The van der Waals surface area contributed by atoms with Gasteiger partial charge in [0.25, 0.3) is 0 Å². The third kappa shape index (κ3) is 4.04. The monoisotopic (exact) mass is 263 g/mol. The average Bonchev–Trinajstić information content (AvgIpc) is 2.47. The number of ketones is 1. The number of hydrogen-bond donors (Lipinski definition) is 1. The number of Topliss-reactive ketones (excluding diaryl/α,β-unsaturated/α-hetero) is 1. The van der Waals surface area contributed by atoms with Gasteiger partial charge < -0.3 is 14.8 Å². The summed E-state index contributed by atoms with van der Waals surface area (Å²) in [5.74, 6) is 0.631. The van der Waals surface area contributed by atoms with Crippen molar-refractivity contribution in [3.8, 4) is 5.75 Å². The van der Waals surface area contributed by atoms with E-state index in [1.165, 1.54) is 0 Å². The Morgan fingerprint density at radius 2 is 2.05 bits per heavy atom. The van der Waals surface area contributed by atoms with Gasteiger partial charge in [0.05, 0.1) is 18.3 Å². The summed E-state index contributed by atoms with van der Waals surface area (Å²) in [6.45, 7) is 4.53. The van der Waals surface area contributed by atoms with Crippen LogP contribution in [0, 0.1) is 0 Å². The van der Waals surface area contributed by atoms with Crippen molar-refractivity contribution in [1.82, 2.24) is 5.32 Å². The van der Waals surface area contributed by atoms with Gasteiger partial charge in [-0.15, -0.1) is 0 Å². The molecule has 0 saturated carbocycles. The van der Waals surface area contributed by atoms with E-state index in [0.29, 0.717) is 17.9 Å². The molecule has 0 aliphatic carbocycles. The number of rotatable bonds is 6. The topological polar surface area (TPSA) is 47.6 Å². The van der Waals surface area contributed by atoms with E-state index in [-0.39, 0.29) is 18.5 Å². The SMILES string of the molecule is CCOc1ccccc1C(=O)COC1CCNCC1. The maximum atomic E-state index is 12.2. The minimum Gasteiger partial charge on any atom is -0.493 e. The highest BCUT2D eigenvalue weighted by atomic mass is 16.5. The lowest BCUT2D eigenvalue weighted by Gasteiger charge is -2.22. The number of carbonyl (C=O) groups is 1. The zero-order valence-corrected chi connectivity index (χ0v) is 11.4. The molecule has 0 amide bonds. The Labute approximate surface area is 114 Å². The van der Waals surface area contributed by atoms with Crippen LogP contribution in [0.15, 0.2) is 24.3 Å². The first kappa shape index (κ1) is 14.0. The number of ether oxygens (including phenoxy) is 2. The lowest BCUT2D eigenvalue weighted by Crippen LogP contribution is -2.33. The van der Waals surface area contributed by atoms with E-state index < -0.39 is 0 Å². The maximum absolute atomic E-state index is 12.2. The molecule has 1 aliphatic heterocycles. The fourth-order valence-corrected chi connectivity index (χ4v) is 2.21. The van der Waals surface area contributed by atoms with Gasteiger partial charge >= 0.3 is 0 Å². The van der Waals surface area contributed by atoms with E-state index in [1.807, 2.05) is 25.1 Å². The smallest absolute Gasteiger partial charge is 0.192 e. The Balaban J connectivity index is 1.91. The van der Waals surface area contributed by atoms with Crippen molar-refractivity contribution < 1.29 is 14.3 Å². The standard InChI is InChI=1S/C15H21NO3/c1-2-18-15-6-4-3-5-13(15)14(17)11-19-12-7-9-16-10-8-12/h3-6,12,16H,2,7-11H2,1H3. The fraction of sp³-hybridized carbons (Fsp3) is 0.533. The highest BCUT2D eigenvalue weighted by Crippen LogP contribution is 2.19. The molecular weight excluding hydrogens is 242 g/mol. The van der Waals surface area contributed by atoms with Crippen LogP contribution in [0.4, 0.5) is 0 Å². The van der Waals surface area contributed by atoms with E-state index in [9.17, 15) is 4.79 Å². The van der Waals surface area contributed by atoms with E-state index >= 15 is 0 Å². The molecule has 0 aromatic heterocycles. The summed E-state index contributed by atoms with van der Waals surface area (Å²) in [7, 11) is 0. The molecule has 1 saturated heterocycles. The third-order valence-corrected chi connectivity index (χ3v) is 3.22. The van der Waals surface area contributed by atoms with Gasteiger partial charge in [-0.2, -0.15) is 0 Å². The number of hydrogen-bond acceptors (Lipinski definition) is 4. The predicted molar refractivity (Wildman–Crippen MR) is 73.8 cm³/mol.